The molecule has 12 heavy (non-hydrogen) atoms. The molecule has 2 nitrogen and oxygen atoms in total. The Hall–Kier alpha value is -0.290. The lowest BCUT2D eigenvalue weighted by molar-refractivity contribution is 0.652. The molecule has 0 amide bonds. The molecule has 0 heterocycles. The number of hydrogen-bond donors (Lipinski definition) is 2. The summed E-state index contributed by atoms with van der Waals surface area (Å²) in [7, 11) is 1.95. The van der Waals surface area contributed by atoms with Gasteiger partial charge in [0, 0.05) is 15.3 Å². The van der Waals surface area contributed by atoms with E-state index in [1.54, 1.807) is 0 Å². The van der Waals surface area contributed by atoms with E-state index in [0.717, 1.165) is 9.26 Å². The first-order valence-electron chi connectivity index (χ1n) is 3.87. The molecule has 66 valence electrons. The Morgan fingerprint density at radius 3 is 2.67 bits per heavy atom. The molecule has 0 unspecified atom stereocenters. The summed E-state index contributed by atoms with van der Waals surface area (Å²) in [5, 5.41) is 3.18. The van der Waals surface area contributed by atoms with Crippen molar-refractivity contribution in [2.75, 3.05) is 12.8 Å². The predicted octanol–water partition coefficient (Wildman–Crippen LogP) is 2.15. The van der Waals surface area contributed by atoms with Crippen LogP contribution in [-0.2, 0) is 0 Å². The zero-order chi connectivity index (χ0) is 9.14. The number of benzene rings is 1. The molecule has 1 aromatic carbocycles. The third-order valence-corrected chi connectivity index (χ3v) is 2.89. The average molecular weight is 276 g/mol. The highest BCUT2D eigenvalue weighted by Crippen LogP contribution is 2.20. The summed E-state index contributed by atoms with van der Waals surface area (Å²) in [4.78, 5) is 0. The van der Waals surface area contributed by atoms with Gasteiger partial charge in [-0.25, -0.2) is 0 Å². The summed E-state index contributed by atoms with van der Waals surface area (Å²) >= 11 is 2.25. The van der Waals surface area contributed by atoms with Crippen LogP contribution in [0.25, 0.3) is 0 Å². The van der Waals surface area contributed by atoms with E-state index in [2.05, 4.69) is 47.0 Å². The highest BCUT2D eigenvalue weighted by Gasteiger charge is 2.03. The van der Waals surface area contributed by atoms with E-state index in [1.165, 1.54) is 5.56 Å². The predicted molar refractivity (Wildman–Crippen MR) is 61.0 cm³/mol. The lowest BCUT2D eigenvalue weighted by Gasteiger charge is -2.11. The molecule has 0 aliphatic carbocycles. The van der Waals surface area contributed by atoms with Crippen LogP contribution in [0.15, 0.2) is 18.2 Å². The summed E-state index contributed by atoms with van der Waals surface area (Å²) in [6.07, 6.45) is 0. The van der Waals surface area contributed by atoms with Crippen LogP contribution in [0.1, 0.15) is 18.5 Å². The third kappa shape index (κ3) is 2.10. The Bertz CT molecular complexity index is 273. The Labute approximate surface area is 86.7 Å². The van der Waals surface area contributed by atoms with Crippen LogP contribution in [0.4, 0.5) is 5.69 Å². The second kappa shape index (κ2) is 4.09. The van der Waals surface area contributed by atoms with E-state index < -0.39 is 0 Å². The van der Waals surface area contributed by atoms with Crippen LogP contribution in [0, 0.1) is 3.57 Å². The Morgan fingerprint density at radius 2 is 2.17 bits per heavy atom. The maximum Gasteiger partial charge on any atom is 0.0449 e. The number of nitrogens with one attached hydrogen (secondary N) is 1. The topological polar surface area (TPSA) is 38.0 Å². The van der Waals surface area contributed by atoms with Crippen molar-refractivity contribution in [3.05, 3.63) is 27.3 Å². The number of anilines is 1. The summed E-state index contributed by atoms with van der Waals surface area (Å²) < 4.78 is 1.12. The van der Waals surface area contributed by atoms with Gasteiger partial charge >= 0.3 is 0 Å². The van der Waals surface area contributed by atoms with E-state index in [1.807, 2.05) is 13.1 Å². The highest BCUT2D eigenvalue weighted by atomic mass is 127. The molecule has 1 atom stereocenters. The third-order valence-electron chi connectivity index (χ3n) is 1.96. The molecular weight excluding hydrogens is 263 g/mol. The quantitative estimate of drug-likeness (QED) is 0.641. The maximum atomic E-state index is 5.70. The van der Waals surface area contributed by atoms with Gasteiger partial charge in [-0.3, -0.25) is 0 Å². The Morgan fingerprint density at radius 1 is 1.50 bits per heavy atom. The lowest BCUT2D eigenvalue weighted by Crippen LogP contribution is -2.12. The second-order valence-electron chi connectivity index (χ2n) is 2.79. The fraction of sp³-hybridized carbons (Fsp3) is 0.333. The van der Waals surface area contributed by atoms with Gasteiger partial charge in [0.2, 0.25) is 0 Å². The molecule has 3 heteroatoms. The van der Waals surface area contributed by atoms with Gasteiger partial charge in [0.15, 0.2) is 0 Å². The molecule has 0 bridgehead atoms. The van der Waals surface area contributed by atoms with Crippen LogP contribution < -0.4 is 11.1 Å². The number of nitrogen functional groups attached to an aromatic ring is 1. The van der Waals surface area contributed by atoms with Gasteiger partial charge in [-0.2, -0.15) is 0 Å². The molecule has 3 N–H and O–H groups in total. The SMILES string of the molecule is CN[C@H](C)c1ccc(N)c(I)c1. The number of hydrogen-bond acceptors (Lipinski definition) is 2. The lowest BCUT2D eigenvalue weighted by atomic mass is 10.1. The molecule has 0 fully saturated rings. The molecule has 0 radical (unpaired) electrons. The fourth-order valence-corrected chi connectivity index (χ4v) is 1.52. The zero-order valence-electron chi connectivity index (χ0n) is 7.26. The number of nitrogens with two attached hydrogens (primary N) is 1. The van der Waals surface area contributed by atoms with Gasteiger partial charge in [0.05, 0.1) is 0 Å². The first kappa shape index (κ1) is 9.80. The first-order valence-corrected chi connectivity index (χ1v) is 4.95. The van der Waals surface area contributed by atoms with Crippen LogP contribution >= 0.6 is 22.6 Å². The van der Waals surface area contributed by atoms with Gasteiger partial charge in [-0.1, -0.05) is 6.07 Å². The van der Waals surface area contributed by atoms with Gasteiger partial charge in [0.25, 0.3) is 0 Å². The van der Waals surface area contributed by atoms with Gasteiger partial charge < -0.3 is 11.1 Å². The highest BCUT2D eigenvalue weighted by molar-refractivity contribution is 14.1. The molecule has 0 aliphatic heterocycles. The molecule has 0 aliphatic rings. The van der Waals surface area contributed by atoms with Gasteiger partial charge in [-0.05, 0) is 54.3 Å². The van der Waals surface area contributed by atoms with Crippen LogP contribution in [0.3, 0.4) is 0 Å². The van der Waals surface area contributed by atoms with Crippen LogP contribution in [0.2, 0.25) is 0 Å². The normalized spacial score (nSPS) is 12.9. The molecule has 1 aromatic rings. The molecule has 0 saturated heterocycles. The second-order valence-corrected chi connectivity index (χ2v) is 3.95. The first-order chi connectivity index (χ1) is 5.65. The minimum absolute atomic E-state index is 0.388. The largest absolute Gasteiger partial charge is 0.398 e. The molecule has 0 saturated carbocycles. The molecule has 0 spiro atoms. The van der Waals surface area contributed by atoms with E-state index in [-0.39, 0.29) is 0 Å². The molecular formula is C9H13IN2. The summed E-state index contributed by atoms with van der Waals surface area (Å²) in [5.41, 5.74) is 7.83. The van der Waals surface area contributed by atoms with Crippen molar-refractivity contribution in [2.45, 2.75) is 13.0 Å². The fourth-order valence-electron chi connectivity index (χ4n) is 0.979. The summed E-state index contributed by atoms with van der Waals surface area (Å²) in [6, 6.07) is 6.50. The van der Waals surface area contributed by atoms with Crippen molar-refractivity contribution >= 4 is 28.3 Å². The molecule has 0 aromatic heterocycles. The van der Waals surface area contributed by atoms with Crippen LogP contribution in [-0.4, -0.2) is 7.05 Å². The van der Waals surface area contributed by atoms with E-state index in [9.17, 15) is 0 Å². The summed E-state index contributed by atoms with van der Waals surface area (Å²) in [6.45, 7) is 2.13. The summed E-state index contributed by atoms with van der Waals surface area (Å²) in [5.74, 6) is 0. The van der Waals surface area contributed by atoms with E-state index in [0.29, 0.717) is 6.04 Å². The minimum atomic E-state index is 0.388. The minimum Gasteiger partial charge on any atom is -0.398 e. The van der Waals surface area contributed by atoms with E-state index in [4.69, 9.17) is 5.73 Å². The van der Waals surface area contributed by atoms with Crippen molar-refractivity contribution in [3.8, 4) is 0 Å². The van der Waals surface area contributed by atoms with E-state index >= 15 is 0 Å². The smallest absolute Gasteiger partial charge is 0.0449 e. The zero-order valence-corrected chi connectivity index (χ0v) is 9.42. The van der Waals surface area contributed by atoms with Gasteiger partial charge in [-0.15, -0.1) is 0 Å². The Balaban J connectivity index is 2.96. The van der Waals surface area contributed by atoms with Gasteiger partial charge in [0.1, 0.15) is 0 Å². The van der Waals surface area contributed by atoms with Crippen molar-refractivity contribution in [2.24, 2.45) is 0 Å². The average Bonchev–Trinajstić information content (AvgIpc) is 2.08. The molecule has 1 rings (SSSR count). The maximum absolute atomic E-state index is 5.70. The van der Waals surface area contributed by atoms with Crippen molar-refractivity contribution in [1.82, 2.24) is 5.32 Å². The monoisotopic (exact) mass is 276 g/mol. The van der Waals surface area contributed by atoms with Crippen molar-refractivity contribution in [1.29, 1.82) is 0 Å². The standard InChI is InChI=1S/C9H13IN2/c1-6(12-2)7-3-4-9(11)8(10)5-7/h3-6,12H,11H2,1-2H3/t6-/m1/s1. The number of halogens is 1. The van der Waals surface area contributed by atoms with Crippen molar-refractivity contribution in [3.63, 3.8) is 0 Å². The number of rotatable bonds is 2. The van der Waals surface area contributed by atoms with Crippen LogP contribution in [0.5, 0.6) is 0 Å². The van der Waals surface area contributed by atoms with Crippen molar-refractivity contribution < 1.29 is 0 Å². The Kier molecular flexibility index (Phi) is 3.34.